The number of aliphatic carboxylic acids is 1. The number of hydrogen-bond donors (Lipinski definition) is 2. The molecule has 0 radical (unpaired) electrons. The van der Waals surface area contributed by atoms with Crippen molar-refractivity contribution in [2.45, 2.75) is 187 Å². The summed E-state index contributed by atoms with van der Waals surface area (Å²) in [4.78, 5) is 34.8. The fourth-order valence-corrected chi connectivity index (χ4v) is 5.35. The molecule has 0 saturated heterocycles. The highest BCUT2D eigenvalue weighted by molar-refractivity contribution is 5.80. The summed E-state index contributed by atoms with van der Waals surface area (Å²) in [6.07, 6.45) is 41.1. The number of amides is 1. The van der Waals surface area contributed by atoms with Gasteiger partial charge >= 0.3 is 11.9 Å². The van der Waals surface area contributed by atoms with E-state index >= 15 is 0 Å². The molecule has 0 fully saturated rings. The van der Waals surface area contributed by atoms with E-state index in [1.54, 1.807) is 0 Å². The average molecular weight is 632 g/mol. The number of allylic oxidation sites excluding steroid dienone is 6. The molecule has 0 aliphatic carbocycles. The Morgan fingerprint density at radius 3 is 1.67 bits per heavy atom. The van der Waals surface area contributed by atoms with E-state index < -0.39 is 5.97 Å². The number of carboxylic acid groups (broad SMARTS) is 1. The van der Waals surface area contributed by atoms with Gasteiger partial charge in [-0.3, -0.25) is 14.4 Å². The van der Waals surface area contributed by atoms with E-state index in [1.165, 1.54) is 57.8 Å². The van der Waals surface area contributed by atoms with Gasteiger partial charge in [0.25, 0.3) is 0 Å². The molecule has 260 valence electrons. The quantitative estimate of drug-likeness (QED) is 0.0427. The highest BCUT2D eigenvalue weighted by atomic mass is 16.5. The number of unbranched alkanes of at least 4 members (excludes halogenated alkanes) is 16. The van der Waals surface area contributed by atoms with Crippen LogP contribution in [0.2, 0.25) is 0 Å². The minimum Gasteiger partial charge on any atom is -0.480 e. The van der Waals surface area contributed by atoms with Gasteiger partial charge in [0.1, 0.15) is 12.6 Å². The molecule has 1 amide bonds. The Hall–Kier alpha value is -2.37. The monoisotopic (exact) mass is 632 g/mol. The number of rotatable bonds is 33. The maximum atomic E-state index is 12.6. The maximum Gasteiger partial charge on any atom is 0.322 e. The van der Waals surface area contributed by atoms with E-state index in [0.717, 1.165) is 96.3 Å². The van der Waals surface area contributed by atoms with Crippen molar-refractivity contribution in [1.82, 2.24) is 5.32 Å². The Morgan fingerprint density at radius 1 is 0.600 bits per heavy atom. The lowest BCUT2D eigenvalue weighted by molar-refractivity contribution is -0.150. The van der Waals surface area contributed by atoms with Crippen molar-refractivity contribution >= 4 is 17.8 Å². The van der Waals surface area contributed by atoms with Gasteiger partial charge in [0.05, 0.1) is 0 Å². The molecule has 0 aliphatic heterocycles. The molecule has 6 nitrogen and oxygen atoms in total. The molecule has 0 heterocycles. The molecule has 1 atom stereocenters. The fraction of sp³-hybridized carbons (Fsp3) is 0.769. The van der Waals surface area contributed by atoms with Gasteiger partial charge in [-0.05, 0) is 70.6 Å². The van der Waals surface area contributed by atoms with Gasteiger partial charge < -0.3 is 15.2 Å². The second-order valence-electron chi connectivity index (χ2n) is 12.5. The molecule has 0 bridgehead atoms. The third-order valence-electron chi connectivity index (χ3n) is 8.08. The first-order chi connectivity index (χ1) is 22.0. The van der Waals surface area contributed by atoms with Gasteiger partial charge in [-0.25, -0.2) is 0 Å². The normalized spacial score (nSPS) is 12.4. The molecule has 45 heavy (non-hydrogen) atoms. The summed E-state index contributed by atoms with van der Waals surface area (Å²) >= 11 is 0. The summed E-state index contributed by atoms with van der Waals surface area (Å²) in [6, 6.07) is 0. The van der Waals surface area contributed by atoms with E-state index in [9.17, 15) is 14.4 Å². The number of carboxylic acids is 1. The van der Waals surface area contributed by atoms with Crippen molar-refractivity contribution in [2.75, 3.05) is 6.54 Å². The number of hydrogen-bond acceptors (Lipinski definition) is 4. The smallest absolute Gasteiger partial charge is 0.322 e. The largest absolute Gasteiger partial charge is 0.480 e. The summed E-state index contributed by atoms with van der Waals surface area (Å²) in [7, 11) is 0. The summed E-state index contributed by atoms with van der Waals surface area (Å²) in [5.74, 6) is -1.26. The molecule has 0 rings (SSSR count). The van der Waals surface area contributed by atoms with Crippen LogP contribution >= 0.6 is 0 Å². The Kier molecular flexibility index (Phi) is 32.7. The van der Waals surface area contributed by atoms with Gasteiger partial charge in [0.15, 0.2) is 0 Å². The SMILES string of the molecule is CC/C=C\C/C=C\C/C=C\CCCCCC(=O)OC(CCCCCCCCCCCC)CCCCCCCC(=O)NCC(=O)O. The molecule has 0 spiro atoms. The van der Waals surface area contributed by atoms with Crippen LogP contribution in [0, 0.1) is 0 Å². The summed E-state index contributed by atoms with van der Waals surface area (Å²) < 4.78 is 5.98. The molecular formula is C39H69NO5. The van der Waals surface area contributed by atoms with Crippen molar-refractivity contribution in [3.63, 3.8) is 0 Å². The van der Waals surface area contributed by atoms with Gasteiger partial charge in [0.2, 0.25) is 5.91 Å². The first-order valence-electron chi connectivity index (χ1n) is 18.6. The maximum absolute atomic E-state index is 12.6. The van der Waals surface area contributed by atoms with Crippen molar-refractivity contribution in [1.29, 1.82) is 0 Å². The Morgan fingerprint density at radius 2 is 1.09 bits per heavy atom. The van der Waals surface area contributed by atoms with Crippen LogP contribution in [0.25, 0.3) is 0 Å². The van der Waals surface area contributed by atoms with Crippen LogP contribution in [0.3, 0.4) is 0 Å². The van der Waals surface area contributed by atoms with Crippen LogP contribution in [0.5, 0.6) is 0 Å². The number of carbonyl (C=O) groups excluding carboxylic acids is 2. The molecule has 2 N–H and O–H groups in total. The van der Waals surface area contributed by atoms with Crippen molar-refractivity contribution in [2.24, 2.45) is 0 Å². The topological polar surface area (TPSA) is 92.7 Å². The summed E-state index contributed by atoms with van der Waals surface area (Å²) in [5.41, 5.74) is 0. The third-order valence-corrected chi connectivity index (χ3v) is 8.08. The van der Waals surface area contributed by atoms with Crippen LogP contribution < -0.4 is 5.32 Å². The van der Waals surface area contributed by atoms with Gasteiger partial charge in [-0.1, -0.05) is 134 Å². The Balaban J connectivity index is 4.22. The Labute approximate surface area is 276 Å². The van der Waals surface area contributed by atoms with Crippen molar-refractivity contribution in [3.05, 3.63) is 36.5 Å². The zero-order chi connectivity index (χ0) is 33.1. The molecule has 0 aromatic heterocycles. The standard InChI is InChI=1S/C39H69NO5/c1-3-5-7-9-11-13-15-16-17-19-21-26-30-34-39(44)45-36(31-27-23-20-18-14-12-10-8-6-4-2)32-28-24-22-25-29-33-37(41)40-35-38(42)43/h5,7,11,13,16-17,36H,3-4,6,8-10,12,14-15,18-35H2,1-2H3,(H,40,41)(H,42,43)/b7-5-,13-11-,17-16-. The minimum atomic E-state index is -1.02. The van der Waals surface area contributed by atoms with E-state index in [1.807, 2.05) is 0 Å². The zero-order valence-corrected chi connectivity index (χ0v) is 29.2. The highest BCUT2D eigenvalue weighted by Crippen LogP contribution is 2.18. The molecule has 0 aromatic carbocycles. The molecule has 6 heteroatoms. The summed E-state index contributed by atoms with van der Waals surface area (Å²) in [6.45, 7) is 4.10. The van der Waals surface area contributed by atoms with Gasteiger partial charge in [0, 0.05) is 12.8 Å². The van der Waals surface area contributed by atoms with E-state index in [2.05, 4.69) is 55.6 Å². The number of ether oxygens (including phenoxy) is 1. The molecule has 0 aromatic rings. The predicted molar refractivity (Wildman–Crippen MR) is 189 cm³/mol. The molecular weight excluding hydrogens is 562 g/mol. The van der Waals surface area contributed by atoms with Gasteiger partial charge in [-0.2, -0.15) is 0 Å². The minimum absolute atomic E-state index is 0.0155. The average Bonchev–Trinajstić information content (AvgIpc) is 3.02. The van der Waals surface area contributed by atoms with Crippen LogP contribution in [-0.4, -0.2) is 35.6 Å². The first kappa shape index (κ1) is 42.6. The van der Waals surface area contributed by atoms with Crippen LogP contribution in [0.15, 0.2) is 36.5 Å². The predicted octanol–water partition coefficient (Wildman–Crippen LogP) is 10.9. The second-order valence-corrected chi connectivity index (χ2v) is 12.5. The van der Waals surface area contributed by atoms with E-state index in [-0.39, 0.29) is 24.5 Å². The molecule has 0 saturated carbocycles. The van der Waals surface area contributed by atoms with Crippen LogP contribution in [0.1, 0.15) is 181 Å². The highest BCUT2D eigenvalue weighted by Gasteiger charge is 2.14. The summed E-state index contributed by atoms with van der Waals surface area (Å²) in [5, 5.41) is 11.1. The molecule has 1 unspecified atom stereocenters. The fourth-order valence-electron chi connectivity index (χ4n) is 5.35. The first-order valence-corrected chi connectivity index (χ1v) is 18.6. The number of carbonyl (C=O) groups is 3. The molecule has 0 aliphatic rings. The number of nitrogens with one attached hydrogen (secondary N) is 1. The lowest BCUT2D eigenvalue weighted by Gasteiger charge is -2.18. The van der Waals surface area contributed by atoms with Crippen molar-refractivity contribution in [3.8, 4) is 0 Å². The van der Waals surface area contributed by atoms with Crippen LogP contribution in [0.4, 0.5) is 0 Å². The second kappa shape index (κ2) is 34.5. The Bertz CT molecular complexity index is 788. The third kappa shape index (κ3) is 34.3. The van der Waals surface area contributed by atoms with Crippen molar-refractivity contribution < 1.29 is 24.2 Å². The number of esters is 1. The lowest BCUT2D eigenvalue weighted by Crippen LogP contribution is -2.28. The van der Waals surface area contributed by atoms with Crippen LogP contribution in [-0.2, 0) is 19.1 Å². The zero-order valence-electron chi connectivity index (χ0n) is 29.2. The van der Waals surface area contributed by atoms with Gasteiger partial charge in [-0.15, -0.1) is 0 Å². The van der Waals surface area contributed by atoms with E-state index in [0.29, 0.717) is 12.8 Å². The lowest BCUT2D eigenvalue weighted by atomic mass is 10.0. The van der Waals surface area contributed by atoms with E-state index in [4.69, 9.17) is 9.84 Å².